The number of methoxy groups -OCH3 is 2. The summed E-state index contributed by atoms with van der Waals surface area (Å²) < 4.78 is 16.0. The first-order valence-corrected chi connectivity index (χ1v) is 11.3. The molecule has 2 aromatic carbocycles. The monoisotopic (exact) mass is 465 g/mol. The van der Waals surface area contributed by atoms with Crippen molar-refractivity contribution in [2.75, 3.05) is 27.4 Å². The second kappa shape index (κ2) is 9.87. The fourth-order valence-electron chi connectivity index (χ4n) is 3.79. The highest BCUT2D eigenvalue weighted by atomic mass is 32.1. The first-order chi connectivity index (χ1) is 16.0. The molecule has 2 heterocycles. The van der Waals surface area contributed by atoms with Crippen molar-refractivity contribution >= 4 is 29.0 Å². The van der Waals surface area contributed by atoms with Gasteiger partial charge in [0.05, 0.1) is 24.7 Å². The summed E-state index contributed by atoms with van der Waals surface area (Å²) in [5, 5.41) is 1.80. The van der Waals surface area contributed by atoms with E-state index < -0.39 is 12.6 Å². The highest BCUT2D eigenvalue weighted by Crippen LogP contribution is 2.33. The maximum absolute atomic E-state index is 12.8. The smallest absolute Gasteiger partial charge is 0.339 e. The summed E-state index contributed by atoms with van der Waals surface area (Å²) in [5.41, 5.74) is 2.45. The first kappa shape index (κ1) is 22.5. The van der Waals surface area contributed by atoms with Crippen molar-refractivity contribution in [3.63, 3.8) is 0 Å². The van der Waals surface area contributed by atoms with Gasteiger partial charge in [0.15, 0.2) is 18.1 Å². The Morgan fingerprint density at radius 3 is 2.30 bits per heavy atom. The van der Waals surface area contributed by atoms with E-state index in [1.165, 1.54) is 17.4 Å². The normalized spacial score (nSPS) is 12.6. The molecular weight excluding hydrogens is 442 g/mol. The molecular formula is C25H23NO6S. The van der Waals surface area contributed by atoms with Crippen LogP contribution in [-0.4, -0.2) is 49.9 Å². The second-order valence-corrected chi connectivity index (χ2v) is 8.42. The minimum Gasteiger partial charge on any atom is -0.493 e. The number of carbonyl (C=O) groups is 3. The van der Waals surface area contributed by atoms with Crippen LogP contribution in [-0.2, 0) is 22.5 Å². The second-order valence-electron chi connectivity index (χ2n) is 7.47. The van der Waals surface area contributed by atoms with Gasteiger partial charge >= 0.3 is 5.97 Å². The van der Waals surface area contributed by atoms with Gasteiger partial charge in [-0.2, -0.15) is 0 Å². The molecule has 33 heavy (non-hydrogen) atoms. The van der Waals surface area contributed by atoms with E-state index in [4.69, 9.17) is 14.2 Å². The van der Waals surface area contributed by atoms with Crippen LogP contribution in [0, 0.1) is 0 Å². The van der Waals surface area contributed by atoms with E-state index in [-0.39, 0.29) is 22.8 Å². The van der Waals surface area contributed by atoms with E-state index in [9.17, 15) is 14.4 Å². The Hall–Kier alpha value is -3.65. The lowest BCUT2D eigenvalue weighted by Gasteiger charge is -2.29. The van der Waals surface area contributed by atoms with Gasteiger partial charge in [0.25, 0.3) is 5.91 Å². The average molecular weight is 466 g/mol. The molecule has 4 rings (SSSR count). The van der Waals surface area contributed by atoms with Gasteiger partial charge in [-0.1, -0.05) is 24.3 Å². The number of hydrogen-bond acceptors (Lipinski definition) is 7. The third-order valence-electron chi connectivity index (χ3n) is 5.53. The van der Waals surface area contributed by atoms with Crippen LogP contribution in [0.15, 0.2) is 53.9 Å². The van der Waals surface area contributed by atoms with E-state index >= 15 is 0 Å². The van der Waals surface area contributed by atoms with E-state index in [0.29, 0.717) is 35.9 Å². The lowest BCUT2D eigenvalue weighted by Crippen LogP contribution is -2.38. The number of esters is 1. The zero-order valence-corrected chi connectivity index (χ0v) is 19.1. The first-order valence-electron chi connectivity index (χ1n) is 10.4. The number of benzene rings is 2. The number of carbonyl (C=O) groups excluding carboxylic acids is 3. The highest BCUT2D eigenvalue weighted by Gasteiger charge is 2.25. The van der Waals surface area contributed by atoms with Gasteiger partial charge < -0.3 is 19.1 Å². The van der Waals surface area contributed by atoms with E-state index in [2.05, 4.69) is 0 Å². The zero-order chi connectivity index (χ0) is 23.4. The van der Waals surface area contributed by atoms with Crippen LogP contribution in [0.3, 0.4) is 0 Å². The maximum atomic E-state index is 12.8. The van der Waals surface area contributed by atoms with Gasteiger partial charge in [-0.15, -0.1) is 11.3 Å². The Kier molecular flexibility index (Phi) is 6.74. The highest BCUT2D eigenvalue weighted by molar-refractivity contribution is 7.12. The molecule has 1 aliphatic rings. The van der Waals surface area contributed by atoms with Crippen molar-refractivity contribution < 1.29 is 28.6 Å². The van der Waals surface area contributed by atoms with Gasteiger partial charge in [-0.05, 0) is 47.2 Å². The number of ether oxygens (including phenoxy) is 3. The van der Waals surface area contributed by atoms with Crippen LogP contribution in [0.1, 0.15) is 36.7 Å². The van der Waals surface area contributed by atoms with Gasteiger partial charge in [-0.3, -0.25) is 9.59 Å². The number of rotatable bonds is 7. The van der Waals surface area contributed by atoms with Gasteiger partial charge in [0.1, 0.15) is 0 Å². The number of ketones is 1. The van der Waals surface area contributed by atoms with Crippen LogP contribution in [0.5, 0.6) is 11.5 Å². The zero-order valence-electron chi connectivity index (χ0n) is 18.3. The summed E-state index contributed by atoms with van der Waals surface area (Å²) in [5.74, 6) is 0.00381. The van der Waals surface area contributed by atoms with Gasteiger partial charge in [0, 0.05) is 18.7 Å². The van der Waals surface area contributed by atoms with Crippen LogP contribution < -0.4 is 9.47 Å². The van der Waals surface area contributed by atoms with Crippen LogP contribution in [0.4, 0.5) is 0 Å². The van der Waals surface area contributed by atoms with Gasteiger partial charge in [0.2, 0.25) is 5.78 Å². The van der Waals surface area contributed by atoms with Crippen molar-refractivity contribution in [3.05, 3.63) is 81.0 Å². The molecule has 3 aromatic rings. The van der Waals surface area contributed by atoms with Crippen LogP contribution >= 0.6 is 11.3 Å². The topological polar surface area (TPSA) is 82.1 Å². The predicted molar refractivity (Wildman–Crippen MR) is 123 cm³/mol. The Morgan fingerprint density at radius 2 is 1.64 bits per heavy atom. The maximum Gasteiger partial charge on any atom is 0.339 e. The summed E-state index contributed by atoms with van der Waals surface area (Å²) >= 11 is 1.30. The fourth-order valence-corrected chi connectivity index (χ4v) is 4.47. The Labute approximate surface area is 195 Å². The van der Waals surface area contributed by atoms with Crippen molar-refractivity contribution in [2.45, 2.75) is 13.0 Å². The molecule has 0 bridgehead atoms. The SMILES string of the molecule is COc1cc2c(cc1OC)CN(C(=O)COC(=O)c1ccccc1C(=O)c1cccs1)CC2. The number of thiophene rings is 1. The van der Waals surface area contributed by atoms with E-state index in [0.717, 1.165) is 11.1 Å². The molecule has 0 saturated carbocycles. The molecule has 0 saturated heterocycles. The van der Waals surface area contributed by atoms with Crippen molar-refractivity contribution in [3.8, 4) is 11.5 Å². The third kappa shape index (κ3) is 4.75. The Morgan fingerprint density at radius 1 is 0.939 bits per heavy atom. The number of fused-ring (bicyclic) bond motifs is 1. The molecule has 0 radical (unpaired) electrons. The minimum absolute atomic E-state index is 0.143. The molecule has 1 aliphatic heterocycles. The number of amides is 1. The quantitative estimate of drug-likeness (QED) is 0.391. The molecule has 0 aliphatic carbocycles. The molecule has 0 atom stereocenters. The Bertz CT molecular complexity index is 1190. The molecule has 0 fully saturated rings. The summed E-state index contributed by atoms with van der Waals surface area (Å²) in [6.07, 6.45) is 0.660. The summed E-state index contributed by atoms with van der Waals surface area (Å²) in [7, 11) is 3.15. The summed E-state index contributed by atoms with van der Waals surface area (Å²) in [6.45, 7) is 0.495. The van der Waals surface area contributed by atoms with E-state index in [1.54, 1.807) is 54.8 Å². The van der Waals surface area contributed by atoms with Gasteiger partial charge in [-0.25, -0.2) is 4.79 Å². The number of nitrogens with zero attached hydrogens (tertiary/aromatic N) is 1. The molecule has 8 heteroatoms. The minimum atomic E-state index is -0.701. The molecule has 0 unspecified atom stereocenters. The average Bonchev–Trinajstić information content (AvgIpc) is 3.40. The molecule has 7 nitrogen and oxygen atoms in total. The lowest BCUT2D eigenvalue weighted by atomic mass is 9.99. The van der Waals surface area contributed by atoms with Crippen molar-refractivity contribution in [1.82, 2.24) is 4.90 Å². The predicted octanol–water partition coefficient (Wildman–Crippen LogP) is 3.74. The summed E-state index contributed by atoms with van der Waals surface area (Å²) in [6, 6.07) is 13.7. The van der Waals surface area contributed by atoms with Crippen molar-refractivity contribution in [2.24, 2.45) is 0 Å². The van der Waals surface area contributed by atoms with Crippen molar-refractivity contribution in [1.29, 1.82) is 0 Å². The largest absolute Gasteiger partial charge is 0.493 e. The third-order valence-corrected chi connectivity index (χ3v) is 6.40. The molecule has 0 N–H and O–H groups in total. The fraction of sp³-hybridized carbons (Fsp3) is 0.240. The molecule has 0 spiro atoms. The molecule has 1 aromatic heterocycles. The van der Waals surface area contributed by atoms with Crippen LogP contribution in [0.2, 0.25) is 0 Å². The molecule has 170 valence electrons. The van der Waals surface area contributed by atoms with Crippen LogP contribution in [0.25, 0.3) is 0 Å². The molecule has 1 amide bonds. The Balaban J connectivity index is 1.42. The summed E-state index contributed by atoms with van der Waals surface area (Å²) in [4.78, 5) is 40.4. The standard InChI is InChI=1S/C25H23NO6S/c1-30-20-12-16-9-10-26(14-17(16)13-21(20)31-2)23(27)15-32-25(29)19-7-4-3-6-18(19)24(28)22-8-5-11-33-22/h3-8,11-13H,9-10,14-15H2,1-2H3. The van der Waals surface area contributed by atoms with E-state index in [1.807, 2.05) is 12.1 Å². The number of hydrogen-bond donors (Lipinski definition) is 0. The lowest BCUT2D eigenvalue weighted by molar-refractivity contribution is -0.135.